The van der Waals surface area contributed by atoms with Crippen molar-refractivity contribution in [3.05, 3.63) is 76.6 Å². The zero-order valence-electron chi connectivity index (χ0n) is 17.8. The Morgan fingerprint density at radius 2 is 1.91 bits per heavy atom. The molecule has 0 saturated carbocycles. The van der Waals surface area contributed by atoms with Gasteiger partial charge in [0.05, 0.1) is 11.4 Å². The summed E-state index contributed by atoms with van der Waals surface area (Å²) in [4.78, 5) is 13.9. The number of nitrogens with one attached hydrogen (secondary N) is 2. The van der Waals surface area contributed by atoms with Crippen LogP contribution >= 0.6 is 23.4 Å². The molecule has 0 aliphatic rings. The molecule has 0 fully saturated rings. The van der Waals surface area contributed by atoms with Gasteiger partial charge in [0.1, 0.15) is 5.75 Å². The van der Waals surface area contributed by atoms with Crippen molar-refractivity contribution in [1.82, 2.24) is 36.2 Å². The molecular formula is C21H19ClN8O3S. The summed E-state index contributed by atoms with van der Waals surface area (Å²) in [6.45, 7) is 1.81. The topological polar surface area (TPSA) is 157 Å². The van der Waals surface area contributed by atoms with Gasteiger partial charge < -0.3 is 10.8 Å². The average molecular weight is 499 g/mol. The third-order valence-electron chi connectivity index (χ3n) is 4.64. The number of nitrogens with two attached hydrogens (primary N) is 1. The average Bonchev–Trinajstić information content (AvgIpc) is 3.45. The SMILES string of the molecule is C/C=C(\NNC(=O)c1nnn(-c2nonc2N)c1CSc1ccc(Cl)cc1)c1ccc(O)cc1. The number of phenolic OH excluding ortho intramolecular Hbond substituents is 1. The molecule has 0 atom stereocenters. The standard InChI is InChI=1S/C21H19ClN8O3S/c1-2-16(12-3-7-14(31)8-4-12)24-26-21(32)18-17(11-34-15-9-5-13(22)6-10-15)30(29-25-18)20-19(23)27-33-28-20/h2-10,24,31H,11H2,1H3,(H2,23,27)(H,26,32)/b16-2-. The van der Waals surface area contributed by atoms with Crippen molar-refractivity contribution < 1.29 is 14.5 Å². The molecule has 0 aliphatic carbocycles. The number of aromatic hydroxyl groups is 1. The van der Waals surface area contributed by atoms with Gasteiger partial charge in [-0.1, -0.05) is 22.9 Å². The van der Waals surface area contributed by atoms with Crippen LogP contribution in [0.3, 0.4) is 0 Å². The summed E-state index contributed by atoms with van der Waals surface area (Å²) in [6.07, 6.45) is 1.78. The molecule has 0 aliphatic heterocycles. The van der Waals surface area contributed by atoms with Crippen LogP contribution in [-0.2, 0) is 5.75 Å². The third-order valence-corrected chi connectivity index (χ3v) is 5.92. The first-order chi connectivity index (χ1) is 16.5. The van der Waals surface area contributed by atoms with Crippen LogP contribution in [0.15, 0.2) is 64.1 Å². The van der Waals surface area contributed by atoms with E-state index in [0.717, 1.165) is 10.5 Å². The van der Waals surface area contributed by atoms with Crippen molar-refractivity contribution in [2.75, 3.05) is 5.73 Å². The summed E-state index contributed by atoms with van der Waals surface area (Å²) in [7, 11) is 0. The van der Waals surface area contributed by atoms with Gasteiger partial charge in [-0.05, 0) is 71.3 Å². The van der Waals surface area contributed by atoms with Gasteiger partial charge >= 0.3 is 0 Å². The fraction of sp³-hybridized carbons (Fsp3) is 0.0952. The van der Waals surface area contributed by atoms with E-state index in [-0.39, 0.29) is 23.1 Å². The molecule has 4 rings (SSSR count). The van der Waals surface area contributed by atoms with Crippen LogP contribution in [0.2, 0.25) is 5.02 Å². The maximum Gasteiger partial charge on any atom is 0.292 e. The summed E-state index contributed by atoms with van der Waals surface area (Å²) in [6, 6.07) is 13.8. The van der Waals surface area contributed by atoms with Crippen molar-refractivity contribution in [1.29, 1.82) is 0 Å². The smallest absolute Gasteiger partial charge is 0.292 e. The highest BCUT2D eigenvalue weighted by Gasteiger charge is 2.24. The number of aromatic nitrogens is 5. The first-order valence-electron chi connectivity index (χ1n) is 9.89. The van der Waals surface area contributed by atoms with E-state index in [1.807, 2.05) is 19.1 Å². The van der Waals surface area contributed by atoms with E-state index in [2.05, 4.69) is 36.1 Å². The number of nitrogens with zero attached hydrogens (tertiary/aromatic N) is 5. The summed E-state index contributed by atoms with van der Waals surface area (Å²) in [5, 5.41) is 25.5. The lowest BCUT2D eigenvalue weighted by Crippen LogP contribution is -2.36. The maximum atomic E-state index is 13.0. The first kappa shape index (κ1) is 23.1. The lowest BCUT2D eigenvalue weighted by Gasteiger charge is -2.12. The Labute approximate surface area is 202 Å². The highest BCUT2D eigenvalue weighted by atomic mass is 35.5. The number of halogens is 1. The van der Waals surface area contributed by atoms with Crippen molar-refractivity contribution in [2.24, 2.45) is 0 Å². The predicted molar refractivity (Wildman–Crippen MR) is 127 cm³/mol. The van der Waals surface area contributed by atoms with Crippen molar-refractivity contribution >= 4 is 40.8 Å². The number of benzene rings is 2. The number of amides is 1. The molecule has 1 amide bonds. The van der Waals surface area contributed by atoms with Crippen LogP contribution in [0.25, 0.3) is 11.5 Å². The summed E-state index contributed by atoms with van der Waals surface area (Å²) < 4.78 is 6.00. The third kappa shape index (κ3) is 5.13. The Bertz CT molecular complexity index is 1320. The number of anilines is 1. The van der Waals surface area contributed by atoms with Gasteiger partial charge in [0, 0.05) is 15.7 Å². The van der Waals surface area contributed by atoms with E-state index in [4.69, 9.17) is 17.3 Å². The lowest BCUT2D eigenvalue weighted by molar-refractivity contribution is 0.0936. The number of carbonyl (C=O) groups is 1. The van der Waals surface area contributed by atoms with E-state index < -0.39 is 5.91 Å². The largest absolute Gasteiger partial charge is 0.508 e. The molecule has 0 spiro atoms. The van der Waals surface area contributed by atoms with Gasteiger partial charge in [0.2, 0.25) is 11.6 Å². The number of nitrogen functional groups attached to an aromatic ring is 1. The van der Waals surface area contributed by atoms with Gasteiger partial charge in [-0.2, -0.15) is 4.68 Å². The van der Waals surface area contributed by atoms with Gasteiger partial charge in [0.15, 0.2) is 5.69 Å². The lowest BCUT2D eigenvalue weighted by atomic mass is 10.1. The number of thioether (sulfide) groups is 1. The predicted octanol–water partition coefficient (Wildman–Crippen LogP) is 3.18. The molecule has 2 aromatic heterocycles. The Hall–Kier alpha value is -4.03. The van der Waals surface area contributed by atoms with Crippen LogP contribution in [0.1, 0.15) is 28.7 Å². The molecule has 0 saturated heterocycles. The van der Waals surface area contributed by atoms with Gasteiger partial charge in [0.25, 0.3) is 5.91 Å². The van der Waals surface area contributed by atoms with E-state index in [1.54, 1.807) is 42.5 Å². The quantitative estimate of drug-likeness (QED) is 0.210. The number of phenols is 1. The van der Waals surface area contributed by atoms with E-state index in [9.17, 15) is 9.90 Å². The number of carbonyl (C=O) groups excluding carboxylic acids is 1. The van der Waals surface area contributed by atoms with Crippen molar-refractivity contribution in [2.45, 2.75) is 17.6 Å². The maximum absolute atomic E-state index is 13.0. The second-order valence-corrected chi connectivity index (χ2v) is 8.33. The normalized spacial score (nSPS) is 11.4. The molecule has 2 aromatic carbocycles. The Morgan fingerprint density at radius 1 is 1.18 bits per heavy atom. The van der Waals surface area contributed by atoms with Crippen LogP contribution in [0.4, 0.5) is 5.82 Å². The number of allylic oxidation sites excluding steroid dienone is 1. The van der Waals surface area contributed by atoms with Crippen LogP contribution in [0, 0.1) is 0 Å². The van der Waals surface area contributed by atoms with Crippen molar-refractivity contribution in [3.63, 3.8) is 0 Å². The number of hydrogen-bond acceptors (Lipinski definition) is 10. The Balaban J connectivity index is 1.56. The van der Waals surface area contributed by atoms with Crippen LogP contribution in [0.5, 0.6) is 5.75 Å². The number of rotatable bonds is 8. The summed E-state index contributed by atoms with van der Waals surface area (Å²) in [5.74, 6) is 0.0779. The second-order valence-electron chi connectivity index (χ2n) is 6.84. The van der Waals surface area contributed by atoms with E-state index in [1.165, 1.54) is 16.4 Å². The fourth-order valence-electron chi connectivity index (χ4n) is 2.93. The molecule has 11 nitrogen and oxygen atoms in total. The van der Waals surface area contributed by atoms with Gasteiger partial charge in [-0.15, -0.1) is 16.9 Å². The molecule has 13 heteroatoms. The number of hydrazine groups is 1. The molecule has 34 heavy (non-hydrogen) atoms. The minimum absolute atomic E-state index is 0.0104. The van der Waals surface area contributed by atoms with Crippen LogP contribution < -0.4 is 16.6 Å². The molecule has 5 N–H and O–H groups in total. The molecule has 4 aromatic rings. The first-order valence-corrected chi connectivity index (χ1v) is 11.3. The molecule has 174 valence electrons. The summed E-state index contributed by atoms with van der Waals surface area (Å²) >= 11 is 7.41. The Morgan fingerprint density at radius 3 is 2.56 bits per heavy atom. The molecule has 0 unspecified atom stereocenters. The highest BCUT2D eigenvalue weighted by Crippen LogP contribution is 2.27. The number of hydrogen-bond donors (Lipinski definition) is 4. The molecule has 2 heterocycles. The second kappa shape index (κ2) is 10.3. The Kier molecular flexibility index (Phi) is 6.99. The molecule has 0 bridgehead atoms. The fourth-order valence-corrected chi connectivity index (χ4v) is 3.95. The zero-order valence-corrected chi connectivity index (χ0v) is 19.3. The van der Waals surface area contributed by atoms with Crippen LogP contribution in [-0.4, -0.2) is 36.3 Å². The van der Waals surface area contributed by atoms with E-state index in [0.29, 0.717) is 22.2 Å². The van der Waals surface area contributed by atoms with E-state index >= 15 is 0 Å². The monoisotopic (exact) mass is 498 g/mol. The highest BCUT2D eigenvalue weighted by molar-refractivity contribution is 7.98. The minimum atomic E-state index is -0.522. The van der Waals surface area contributed by atoms with Gasteiger partial charge in [-0.3, -0.25) is 15.6 Å². The molecule has 0 radical (unpaired) electrons. The minimum Gasteiger partial charge on any atom is -0.508 e. The van der Waals surface area contributed by atoms with Gasteiger partial charge in [-0.25, -0.2) is 4.63 Å². The van der Waals surface area contributed by atoms with Crippen molar-refractivity contribution in [3.8, 4) is 11.6 Å². The summed E-state index contributed by atoms with van der Waals surface area (Å²) in [5.41, 5.74) is 13.2. The molecular weight excluding hydrogens is 480 g/mol. The zero-order chi connectivity index (χ0) is 24.1.